The number of carboxylic acid groups (broad SMARTS) is 1. The zero-order valence-corrected chi connectivity index (χ0v) is 20.6. The molecule has 37 heavy (non-hydrogen) atoms. The zero-order chi connectivity index (χ0) is 26.4. The van der Waals surface area contributed by atoms with Crippen LogP contribution in [0.15, 0.2) is 96.2 Å². The molecule has 0 saturated heterocycles. The maximum atomic E-state index is 12.9. The van der Waals surface area contributed by atoms with Gasteiger partial charge >= 0.3 is 12.1 Å². The molecule has 0 bridgehead atoms. The third-order valence-corrected chi connectivity index (χ3v) is 7.05. The van der Waals surface area contributed by atoms with Crippen molar-refractivity contribution in [1.29, 1.82) is 0 Å². The van der Waals surface area contributed by atoms with E-state index in [-0.39, 0.29) is 4.90 Å². The largest absolute Gasteiger partial charge is 0.465 e. The van der Waals surface area contributed by atoms with Gasteiger partial charge in [-0.3, -0.25) is 5.32 Å². The first-order valence-electron chi connectivity index (χ1n) is 11.3. The Labute approximate surface area is 214 Å². The molecule has 11 heteroatoms. The predicted molar refractivity (Wildman–Crippen MR) is 138 cm³/mol. The van der Waals surface area contributed by atoms with Crippen molar-refractivity contribution < 1.29 is 23.1 Å². The minimum Gasteiger partial charge on any atom is -0.465 e. The molecule has 1 heterocycles. The van der Waals surface area contributed by atoms with Gasteiger partial charge in [-0.1, -0.05) is 54.6 Å². The number of hydrogen-bond acceptors (Lipinski definition) is 5. The molecule has 1 aromatic heterocycles. The van der Waals surface area contributed by atoms with Gasteiger partial charge in [0.2, 0.25) is 0 Å². The molecule has 0 aliphatic heterocycles. The van der Waals surface area contributed by atoms with Crippen LogP contribution in [0.1, 0.15) is 23.0 Å². The van der Waals surface area contributed by atoms with E-state index < -0.39 is 28.2 Å². The molecule has 190 valence electrons. The molecule has 1 unspecified atom stereocenters. The van der Waals surface area contributed by atoms with E-state index in [0.717, 1.165) is 5.56 Å². The first-order valence-corrected chi connectivity index (χ1v) is 12.8. The lowest BCUT2D eigenvalue weighted by atomic mass is 10.1. The van der Waals surface area contributed by atoms with Crippen LogP contribution in [-0.2, 0) is 16.4 Å². The minimum atomic E-state index is -4.11. The topological polar surface area (TPSA) is 142 Å². The van der Waals surface area contributed by atoms with Gasteiger partial charge in [-0.05, 0) is 48.7 Å². The molecule has 10 nitrogen and oxygen atoms in total. The molecule has 4 aromatic rings. The Kier molecular flexibility index (Phi) is 7.54. The number of imidazole rings is 1. The number of benzene rings is 3. The van der Waals surface area contributed by atoms with Crippen LogP contribution in [0.4, 0.5) is 15.3 Å². The molecular formula is C26H25N5O5S. The average Bonchev–Trinajstić information content (AvgIpc) is 3.34. The molecule has 0 saturated carbocycles. The van der Waals surface area contributed by atoms with Gasteiger partial charge in [-0.25, -0.2) is 27.7 Å². The fraction of sp³-hybridized carbons (Fsp3) is 0.115. The van der Waals surface area contributed by atoms with Crippen molar-refractivity contribution in [3.8, 4) is 5.69 Å². The quantitative estimate of drug-likeness (QED) is 0.274. The SMILES string of the molecule is Cc1ccccc1S(=O)(=O)NC(=O)NC(Cc1ccccc1)c1nccn1-c1cccc(NC(=O)O)c1. The van der Waals surface area contributed by atoms with E-state index in [1.807, 2.05) is 30.3 Å². The summed E-state index contributed by atoms with van der Waals surface area (Å²) >= 11 is 0. The standard InChI is InChI=1S/C26H25N5O5S/c1-18-8-5-6-13-23(18)37(35,36)30-25(32)29-22(16-19-9-3-2-4-10-19)24-27-14-15-31(24)21-12-7-11-20(17-21)28-26(33)34/h2-15,17,22,28H,16H2,1H3,(H,33,34)(H2,29,30,32). The molecule has 0 spiro atoms. The Morgan fingerprint density at radius 3 is 2.46 bits per heavy atom. The van der Waals surface area contributed by atoms with Crippen LogP contribution in [0, 0.1) is 6.92 Å². The molecular weight excluding hydrogens is 494 g/mol. The van der Waals surface area contributed by atoms with E-state index in [1.165, 1.54) is 6.07 Å². The number of sulfonamides is 1. The number of rotatable bonds is 8. The molecule has 1 atom stereocenters. The van der Waals surface area contributed by atoms with Gasteiger partial charge in [0.15, 0.2) is 0 Å². The summed E-state index contributed by atoms with van der Waals surface area (Å²) in [5, 5.41) is 14.1. The van der Waals surface area contributed by atoms with Gasteiger partial charge < -0.3 is 15.0 Å². The average molecular weight is 520 g/mol. The van der Waals surface area contributed by atoms with Crippen LogP contribution in [0.3, 0.4) is 0 Å². The highest BCUT2D eigenvalue weighted by atomic mass is 32.2. The summed E-state index contributed by atoms with van der Waals surface area (Å²) in [6, 6.07) is 20.8. The zero-order valence-electron chi connectivity index (χ0n) is 19.8. The summed E-state index contributed by atoms with van der Waals surface area (Å²) in [4.78, 5) is 28.5. The summed E-state index contributed by atoms with van der Waals surface area (Å²) in [6.45, 7) is 1.65. The van der Waals surface area contributed by atoms with Gasteiger partial charge in [-0.15, -0.1) is 0 Å². The van der Waals surface area contributed by atoms with Crippen LogP contribution in [0.2, 0.25) is 0 Å². The van der Waals surface area contributed by atoms with Gasteiger partial charge in [0.1, 0.15) is 5.82 Å². The lowest BCUT2D eigenvalue weighted by Crippen LogP contribution is -2.42. The maximum absolute atomic E-state index is 12.9. The van der Waals surface area contributed by atoms with Crippen LogP contribution in [0.5, 0.6) is 0 Å². The molecule has 0 aliphatic carbocycles. The van der Waals surface area contributed by atoms with E-state index >= 15 is 0 Å². The Hall–Kier alpha value is -4.64. The van der Waals surface area contributed by atoms with E-state index in [9.17, 15) is 18.0 Å². The van der Waals surface area contributed by atoms with E-state index in [4.69, 9.17) is 5.11 Å². The Balaban J connectivity index is 1.64. The summed E-state index contributed by atoms with van der Waals surface area (Å²) in [5.74, 6) is 0.430. The number of aryl methyl sites for hydroxylation is 1. The summed E-state index contributed by atoms with van der Waals surface area (Å²) in [6.07, 6.45) is 2.35. The van der Waals surface area contributed by atoms with Crippen molar-refractivity contribution in [2.24, 2.45) is 0 Å². The smallest absolute Gasteiger partial charge is 0.409 e. The first kappa shape index (κ1) is 25.5. The second-order valence-corrected chi connectivity index (χ2v) is 9.87. The third-order valence-electron chi connectivity index (χ3n) is 5.55. The van der Waals surface area contributed by atoms with Crippen LogP contribution in [-0.4, -0.2) is 35.2 Å². The number of carbonyl (C=O) groups is 2. The maximum Gasteiger partial charge on any atom is 0.409 e. The molecule has 0 radical (unpaired) electrons. The summed E-state index contributed by atoms with van der Waals surface area (Å²) < 4.78 is 29.5. The van der Waals surface area contributed by atoms with Crippen molar-refractivity contribution in [3.05, 3.63) is 108 Å². The second-order valence-electron chi connectivity index (χ2n) is 8.22. The molecule has 0 aliphatic rings. The van der Waals surface area contributed by atoms with Gasteiger partial charge in [-0.2, -0.15) is 0 Å². The van der Waals surface area contributed by atoms with Gasteiger partial charge in [0.25, 0.3) is 10.0 Å². The van der Waals surface area contributed by atoms with E-state index in [0.29, 0.717) is 29.2 Å². The molecule has 4 rings (SSSR count). The van der Waals surface area contributed by atoms with Gasteiger partial charge in [0, 0.05) is 23.8 Å². The van der Waals surface area contributed by atoms with Crippen molar-refractivity contribution in [2.45, 2.75) is 24.3 Å². The highest BCUT2D eigenvalue weighted by Gasteiger charge is 2.25. The highest BCUT2D eigenvalue weighted by Crippen LogP contribution is 2.23. The van der Waals surface area contributed by atoms with Crippen molar-refractivity contribution in [1.82, 2.24) is 19.6 Å². The van der Waals surface area contributed by atoms with Gasteiger partial charge in [0.05, 0.1) is 10.9 Å². The molecule has 0 fully saturated rings. The monoisotopic (exact) mass is 519 g/mol. The molecule has 4 N–H and O–H groups in total. The molecule has 3 amide bonds. The fourth-order valence-corrected chi connectivity index (χ4v) is 5.09. The summed E-state index contributed by atoms with van der Waals surface area (Å²) in [5.41, 5.74) is 2.37. The van der Waals surface area contributed by atoms with E-state index in [2.05, 4.69) is 20.3 Å². The predicted octanol–water partition coefficient (Wildman–Crippen LogP) is 4.24. The number of urea groups is 1. The number of anilines is 1. The lowest BCUT2D eigenvalue weighted by molar-refractivity contribution is 0.209. The normalized spacial score (nSPS) is 11.9. The second kappa shape index (κ2) is 11.0. The van der Waals surface area contributed by atoms with E-state index in [1.54, 1.807) is 66.3 Å². The Bertz CT molecular complexity index is 1520. The van der Waals surface area contributed by atoms with Crippen molar-refractivity contribution in [3.63, 3.8) is 0 Å². The number of nitrogens with zero attached hydrogens (tertiary/aromatic N) is 2. The van der Waals surface area contributed by atoms with Crippen LogP contribution < -0.4 is 15.4 Å². The first-order chi connectivity index (χ1) is 17.7. The number of amides is 3. The minimum absolute atomic E-state index is 0.00834. The fourth-order valence-electron chi connectivity index (χ4n) is 3.93. The summed E-state index contributed by atoms with van der Waals surface area (Å²) in [7, 11) is -4.11. The number of aromatic nitrogens is 2. The third kappa shape index (κ3) is 6.33. The van der Waals surface area contributed by atoms with Crippen LogP contribution in [0.25, 0.3) is 5.69 Å². The Morgan fingerprint density at radius 2 is 1.73 bits per heavy atom. The number of hydrogen-bond donors (Lipinski definition) is 4. The molecule has 3 aromatic carbocycles. The van der Waals surface area contributed by atoms with Crippen LogP contribution >= 0.6 is 0 Å². The highest BCUT2D eigenvalue weighted by molar-refractivity contribution is 7.90. The number of nitrogens with one attached hydrogen (secondary N) is 3. The lowest BCUT2D eigenvalue weighted by Gasteiger charge is -2.21. The number of carbonyl (C=O) groups excluding carboxylic acids is 1. The van der Waals surface area contributed by atoms with Crippen molar-refractivity contribution in [2.75, 3.05) is 5.32 Å². The Morgan fingerprint density at radius 1 is 1.00 bits per heavy atom. The van der Waals surface area contributed by atoms with Crippen molar-refractivity contribution >= 4 is 27.8 Å².